The predicted molar refractivity (Wildman–Crippen MR) is 77.1 cm³/mol. The monoisotopic (exact) mass is 308 g/mol. The van der Waals surface area contributed by atoms with E-state index in [1.165, 1.54) is 12.1 Å². The average molecular weight is 309 g/mol. The lowest BCUT2D eigenvalue weighted by atomic mass is 10.2. The van der Waals surface area contributed by atoms with Gasteiger partial charge in [-0.3, -0.25) is 4.57 Å². The minimum absolute atomic E-state index is 0.120. The van der Waals surface area contributed by atoms with E-state index in [4.69, 9.17) is 16.3 Å². The van der Waals surface area contributed by atoms with Gasteiger partial charge in [0, 0.05) is 12.1 Å². The zero-order valence-electron chi connectivity index (χ0n) is 11.1. The van der Waals surface area contributed by atoms with Gasteiger partial charge in [-0.05, 0) is 24.3 Å². The van der Waals surface area contributed by atoms with E-state index in [1.807, 2.05) is 0 Å². The fraction of sp³-hybridized carbons (Fsp3) is 0.133. The van der Waals surface area contributed by atoms with Crippen LogP contribution in [-0.4, -0.2) is 16.7 Å². The van der Waals surface area contributed by atoms with Gasteiger partial charge >= 0.3 is 0 Å². The van der Waals surface area contributed by atoms with Crippen molar-refractivity contribution in [1.29, 1.82) is 0 Å². The van der Waals surface area contributed by atoms with Crippen LogP contribution < -0.4 is 4.74 Å². The van der Waals surface area contributed by atoms with E-state index >= 15 is 0 Å². The number of aromatic nitrogens is 2. The van der Waals surface area contributed by atoms with Crippen LogP contribution in [0.25, 0.3) is 16.7 Å². The molecule has 0 bridgehead atoms. The fourth-order valence-electron chi connectivity index (χ4n) is 2.28. The first-order chi connectivity index (χ1) is 10.1. The molecule has 0 saturated heterocycles. The minimum atomic E-state index is -0.657. The number of ether oxygens (including phenoxy) is 1. The van der Waals surface area contributed by atoms with Gasteiger partial charge in [-0.1, -0.05) is 0 Å². The molecule has 0 N–H and O–H groups in total. The largest absolute Gasteiger partial charge is 0.497 e. The summed E-state index contributed by atoms with van der Waals surface area (Å²) in [7, 11) is 1.55. The Morgan fingerprint density at radius 3 is 2.48 bits per heavy atom. The number of rotatable bonds is 3. The summed E-state index contributed by atoms with van der Waals surface area (Å²) < 4.78 is 33.7. The van der Waals surface area contributed by atoms with Gasteiger partial charge in [0.2, 0.25) is 0 Å². The highest BCUT2D eigenvalue weighted by Crippen LogP contribution is 2.27. The molecule has 6 heteroatoms. The number of methoxy groups -OCH3 is 1. The Balaban J connectivity index is 2.32. The number of benzene rings is 2. The summed E-state index contributed by atoms with van der Waals surface area (Å²) in [6.45, 7) is 0. The lowest BCUT2D eigenvalue weighted by Crippen LogP contribution is -2.01. The summed E-state index contributed by atoms with van der Waals surface area (Å²) in [6.07, 6.45) is 0. The zero-order chi connectivity index (χ0) is 15.0. The Kier molecular flexibility index (Phi) is 3.51. The third kappa shape index (κ3) is 2.45. The Bertz CT molecular complexity index is 797. The first-order valence-corrected chi connectivity index (χ1v) is 6.73. The van der Waals surface area contributed by atoms with Crippen molar-refractivity contribution in [3.8, 4) is 11.4 Å². The quantitative estimate of drug-likeness (QED) is 0.683. The highest BCUT2D eigenvalue weighted by molar-refractivity contribution is 6.17. The molecule has 0 unspecified atom stereocenters. The van der Waals surface area contributed by atoms with Gasteiger partial charge in [0.1, 0.15) is 23.2 Å². The van der Waals surface area contributed by atoms with Crippen LogP contribution in [0.5, 0.6) is 5.75 Å². The number of hydrogen-bond donors (Lipinski definition) is 0. The number of alkyl halides is 1. The molecular formula is C15H11ClF2N2O. The van der Waals surface area contributed by atoms with Crippen LogP contribution >= 0.6 is 11.6 Å². The molecule has 3 rings (SSSR count). The molecule has 2 aromatic carbocycles. The van der Waals surface area contributed by atoms with Crippen LogP contribution in [-0.2, 0) is 5.88 Å². The number of nitrogens with zero attached hydrogens (tertiary/aromatic N) is 2. The van der Waals surface area contributed by atoms with Crippen molar-refractivity contribution in [3.05, 3.63) is 53.9 Å². The maximum absolute atomic E-state index is 13.5. The highest BCUT2D eigenvalue weighted by atomic mass is 35.5. The number of hydrogen-bond acceptors (Lipinski definition) is 2. The van der Waals surface area contributed by atoms with Gasteiger partial charge in [0.25, 0.3) is 0 Å². The van der Waals surface area contributed by atoms with Gasteiger partial charge in [0.05, 0.1) is 29.7 Å². The molecule has 0 fully saturated rings. The van der Waals surface area contributed by atoms with Crippen molar-refractivity contribution in [3.63, 3.8) is 0 Å². The molecule has 0 aliphatic heterocycles. The molecule has 1 heterocycles. The molecule has 0 atom stereocenters. The van der Waals surface area contributed by atoms with Gasteiger partial charge in [-0.15, -0.1) is 11.6 Å². The lowest BCUT2D eigenvalue weighted by Gasteiger charge is -2.09. The van der Waals surface area contributed by atoms with Crippen LogP contribution in [0.2, 0.25) is 0 Å². The Hall–Kier alpha value is -2.14. The molecule has 0 saturated carbocycles. The van der Waals surface area contributed by atoms with Gasteiger partial charge in [-0.2, -0.15) is 0 Å². The smallest absolute Gasteiger partial charge is 0.129 e. The maximum atomic E-state index is 13.5. The summed E-state index contributed by atoms with van der Waals surface area (Å²) >= 11 is 5.90. The van der Waals surface area contributed by atoms with Crippen LogP contribution in [0.15, 0.2) is 36.4 Å². The highest BCUT2D eigenvalue weighted by Gasteiger charge is 2.14. The topological polar surface area (TPSA) is 27.1 Å². The standard InChI is InChI=1S/C15H11ClF2N2O/c1-21-12-2-3-13-14(7-12)20(15(8-16)19-13)11-5-9(17)4-10(18)6-11/h2-7H,8H2,1H3. The maximum Gasteiger partial charge on any atom is 0.129 e. The van der Waals surface area contributed by atoms with Crippen LogP contribution in [0, 0.1) is 11.6 Å². The molecule has 0 spiro atoms. The Labute approximate surface area is 124 Å². The number of halogens is 3. The Morgan fingerprint density at radius 1 is 1.14 bits per heavy atom. The second kappa shape index (κ2) is 5.33. The first-order valence-electron chi connectivity index (χ1n) is 6.20. The predicted octanol–water partition coefficient (Wildman–Crippen LogP) is 4.05. The summed E-state index contributed by atoms with van der Waals surface area (Å²) in [4.78, 5) is 4.37. The van der Waals surface area contributed by atoms with Gasteiger partial charge in [0.15, 0.2) is 0 Å². The fourth-order valence-corrected chi connectivity index (χ4v) is 2.46. The van der Waals surface area contributed by atoms with Crippen LogP contribution in [0.3, 0.4) is 0 Å². The SMILES string of the molecule is COc1ccc2nc(CCl)n(-c3cc(F)cc(F)c3)c2c1. The van der Waals surface area contributed by atoms with E-state index in [9.17, 15) is 8.78 Å². The van der Waals surface area contributed by atoms with Crippen molar-refractivity contribution in [2.24, 2.45) is 0 Å². The van der Waals surface area contributed by atoms with Crippen molar-refractivity contribution >= 4 is 22.6 Å². The van der Waals surface area contributed by atoms with Crippen molar-refractivity contribution < 1.29 is 13.5 Å². The molecule has 1 aromatic heterocycles. The molecule has 0 aliphatic carbocycles. The van der Waals surface area contributed by atoms with E-state index < -0.39 is 11.6 Å². The van der Waals surface area contributed by atoms with Crippen molar-refractivity contribution in [1.82, 2.24) is 9.55 Å². The second-order valence-electron chi connectivity index (χ2n) is 4.48. The normalized spacial score (nSPS) is 11.0. The molecule has 0 aliphatic rings. The third-order valence-corrected chi connectivity index (χ3v) is 3.40. The minimum Gasteiger partial charge on any atom is -0.497 e. The van der Waals surface area contributed by atoms with E-state index in [0.717, 1.165) is 6.07 Å². The molecule has 21 heavy (non-hydrogen) atoms. The molecule has 3 nitrogen and oxygen atoms in total. The van der Waals surface area contributed by atoms with E-state index in [-0.39, 0.29) is 5.88 Å². The van der Waals surface area contributed by atoms with E-state index in [2.05, 4.69) is 4.98 Å². The summed E-state index contributed by atoms with van der Waals surface area (Å²) in [5.41, 5.74) is 1.69. The Morgan fingerprint density at radius 2 is 1.86 bits per heavy atom. The van der Waals surface area contributed by atoms with E-state index in [1.54, 1.807) is 29.9 Å². The summed E-state index contributed by atoms with van der Waals surface area (Å²) in [5, 5.41) is 0. The molecule has 0 radical (unpaired) electrons. The lowest BCUT2D eigenvalue weighted by molar-refractivity contribution is 0.415. The molecule has 0 amide bonds. The van der Waals surface area contributed by atoms with Crippen LogP contribution in [0.1, 0.15) is 5.82 Å². The number of fused-ring (bicyclic) bond motifs is 1. The van der Waals surface area contributed by atoms with Crippen molar-refractivity contribution in [2.75, 3.05) is 7.11 Å². The van der Waals surface area contributed by atoms with Gasteiger partial charge < -0.3 is 4.74 Å². The molecule has 3 aromatic rings. The van der Waals surface area contributed by atoms with Gasteiger partial charge in [-0.25, -0.2) is 13.8 Å². The second-order valence-corrected chi connectivity index (χ2v) is 4.75. The third-order valence-electron chi connectivity index (χ3n) is 3.16. The average Bonchev–Trinajstić information content (AvgIpc) is 2.83. The first kappa shape index (κ1) is 13.8. The van der Waals surface area contributed by atoms with E-state index in [0.29, 0.717) is 28.3 Å². The molecular weight excluding hydrogens is 298 g/mol. The number of imidazole rings is 1. The molecule has 108 valence electrons. The van der Waals surface area contributed by atoms with Crippen LogP contribution in [0.4, 0.5) is 8.78 Å². The zero-order valence-corrected chi connectivity index (χ0v) is 11.9. The summed E-state index contributed by atoms with van der Waals surface area (Å²) in [6, 6.07) is 8.59. The van der Waals surface area contributed by atoms with Crippen molar-refractivity contribution in [2.45, 2.75) is 5.88 Å². The summed E-state index contributed by atoms with van der Waals surface area (Å²) in [5.74, 6) is -0.0631.